The Hall–Kier alpha value is -1.56. The van der Waals surface area contributed by atoms with Crippen molar-refractivity contribution in [2.24, 2.45) is 4.99 Å². The Kier molecular flexibility index (Phi) is 4.90. The van der Waals surface area contributed by atoms with Crippen molar-refractivity contribution in [3.63, 3.8) is 0 Å². The molecule has 1 fully saturated rings. The molecule has 0 saturated carbocycles. The Morgan fingerprint density at radius 3 is 2.61 bits per heavy atom. The smallest absolute Gasteiger partial charge is 0.175 e. The highest BCUT2D eigenvalue weighted by molar-refractivity contribution is 8.14. The molecule has 0 aliphatic carbocycles. The number of aliphatic imine (C=N–C) groups is 1. The molecule has 6 heteroatoms. The molecule has 1 aromatic carbocycles. The molecule has 1 saturated heterocycles. The van der Waals surface area contributed by atoms with Gasteiger partial charge in [-0.1, -0.05) is 35.5 Å². The number of hydrogen-bond donors (Lipinski definition) is 1. The molecule has 1 aromatic heterocycles. The van der Waals surface area contributed by atoms with Crippen molar-refractivity contribution >= 4 is 28.5 Å². The highest BCUT2D eigenvalue weighted by atomic mass is 35.5. The number of amidine groups is 1. The number of thioether (sulfide) groups is 1. The molecular weight excluding hydrogens is 330 g/mol. The first-order valence-electron chi connectivity index (χ1n) is 7.45. The number of halogens is 1. The summed E-state index contributed by atoms with van der Waals surface area (Å²) < 4.78 is 0. The SMILES string of the molecule is CCN1C(=NCc2ccncc2)SC[C@@]1(O)c1ccc(Cl)cc1. The van der Waals surface area contributed by atoms with Crippen molar-refractivity contribution in [2.45, 2.75) is 19.2 Å². The maximum absolute atomic E-state index is 11.2. The quantitative estimate of drug-likeness (QED) is 0.919. The molecule has 3 rings (SSSR count). The summed E-state index contributed by atoms with van der Waals surface area (Å²) in [7, 11) is 0. The van der Waals surface area contributed by atoms with E-state index in [4.69, 9.17) is 11.6 Å². The number of pyridine rings is 1. The van der Waals surface area contributed by atoms with Gasteiger partial charge in [0, 0.05) is 29.5 Å². The molecule has 1 aliphatic rings. The molecule has 1 atom stereocenters. The van der Waals surface area contributed by atoms with Gasteiger partial charge in [0.05, 0.1) is 12.3 Å². The normalized spacial score (nSPS) is 22.7. The molecule has 1 aliphatic heterocycles. The predicted molar refractivity (Wildman–Crippen MR) is 95.6 cm³/mol. The third-order valence-corrected chi connectivity index (χ3v) is 5.26. The summed E-state index contributed by atoms with van der Waals surface area (Å²) in [5, 5.41) is 12.7. The van der Waals surface area contributed by atoms with Gasteiger partial charge in [0.2, 0.25) is 0 Å². The van der Waals surface area contributed by atoms with Crippen LogP contribution >= 0.6 is 23.4 Å². The Balaban J connectivity index is 1.83. The van der Waals surface area contributed by atoms with Gasteiger partial charge in [0.25, 0.3) is 0 Å². The minimum atomic E-state index is -1.04. The van der Waals surface area contributed by atoms with Crippen molar-refractivity contribution in [1.82, 2.24) is 9.88 Å². The van der Waals surface area contributed by atoms with Gasteiger partial charge < -0.3 is 10.0 Å². The van der Waals surface area contributed by atoms with Gasteiger partial charge in [0.15, 0.2) is 10.9 Å². The van der Waals surface area contributed by atoms with Gasteiger partial charge in [0.1, 0.15) is 0 Å². The van der Waals surface area contributed by atoms with Gasteiger partial charge in [-0.25, -0.2) is 0 Å². The van der Waals surface area contributed by atoms with E-state index in [-0.39, 0.29) is 0 Å². The topological polar surface area (TPSA) is 48.7 Å². The first kappa shape index (κ1) is 16.3. The summed E-state index contributed by atoms with van der Waals surface area (Å²) >= 11 is 7.53. The third kappa shape index (κ3) is 3.37. The molecule has 0 unspecified atom stereocenters. The second-order valence-corrected chi connectivity index (χ2v) is 6.69. The van der Waals surface area contributed by atoms with Gasteiger partial charge in [-0.15, -0.1) is 0 Å². The Labute approximate surface area is 145 Å². The third-order valence-electron chi connectivity index (χ3n) is 3.85. The Morgan fingerprint density at radius 2 is 1.96 bits per heavy atom. The Bertz CT molecular complexity index is 693. The first-order valence-corrected chi connectivity index (χ1v) is 8.82. The highest BCUT2D eigenvalue weighted by Crippen LogP contribution is 2.39. The predicted octanol–water partition coefficient (Wildman–Crippen LogP) is 3.51. The minimum Gasteiger partial charge on any atom is -0.366 e. The maximum Gasteiger partial charge on any atom is 0.175 e. The first-order chi connectivity index (χ1) is 11.1. The van der Waals surface area contributed by atoms with Crippen LogP contribution in [0.2, 0.25) is 5.02 Å². The van der Waals surface area contributed by atoms with E-state index in [0.29, 0.717) is 23.9 Å². The van der Waals surface area contributed by atoms with Crippen LogP contribution in [0, 0.1) is 0 Å². The molecule has 2 heterocycles. The molecule has 120 valence electrons. The van der Waals surface area contributed by atoms with Crippen LogP contribution in [0.3, 0.4) is 0 Å². The monoisotopic (exact) mass is 347 g/mol. The van der Waals surface area contributed by atoms with Gasteiger partial charge in [-0.3, -0.25) is 9.98 Å². The van der Waals surface area contributed by atoms with Crippen molar-refractivity contribution in [1.29, 1.82) is 0 Å². The van der Waals surface area contributed by atoms with Crippen molar-refractivity contribution < 1.29 is 5.11 Å². The van der Waals surface area contributed by atoms with Gasteiger partial charge in [-0.2, -0.15) is 0 Å². The van der Waals surface area contributed by atoms with Gasteiger partial charge >= 0.3 is 0 Å². The summed E-state index contributed by atoms with van der Waals surface area (Å²) in [6, 6.07) is 11.3. The maximum atomic E-state index is 11.2. The summed E-state index contributed by atoms with van der Waals surface area (Å²) in [6.07, 6.45) is 3.53. The van der Waals surface area contributed by atoms with E-state index in [0.717, 1.165) is 16.3 Å². The summed E-state index contributed by atoms with van der Waals surface area (Å²) in [5.41, 5.74) is 0.901. The summed E-state index contributed by atoms with van der Waals surface area (Å²) in [6.45, 7) is 3.29. The fourth-order valence-electron chi connectivity index (χ4n) is 2.61. The lowest BCUT2D eigenvalue weighted by molar-refractivity contribution is -0.0453. The van der Waals surface area contributed by atoms with Crippen LogP contribution in [-0.2, 0) is 12.3 Å². The molecule has 0 bridgehead atoms. The van der Waals surface area contributed by atoms with Crippen LogP contribution in [0.4, 0.5) is 0 Å². The number of benzene rings is 1. The zero-order valence-corrected chi connectivity index (χ0v) is 14.4. The van der Waals surface area contributed by atoms with Crippen molar-refractivity contribution in [3.05, 3.63) is 64.9 Å². The molecule has 0 amide bonds. The molecule has 2 aromatic rings. The van der Waals surface area contributed by atoms with Crippen LogP contribution in [0.1, 0.15) is 18.1 Å². The second-order valence-electron chi connectivity index (χ2n) is 5.31. The number of nitrogens with zero attached hydrogens (tertiary/aromatic N) is 3. The molecule has 0 radical (unpaired) electrons. The second kappa shape index (κ2) is 6.91. The summed E-state index contributed by atoms with van der Waals surface area (Å²) in [5.74, 6) is 0.553. The molecule has 1 N–H and O–H groups in total. The average Bonchev–Trinajstić information content (AvgIpc) is 2.91. The van der Waals surface area contributed by atoms with E-state index in [1.807, 2.05) is 36.1 Å². The molecule has 23 heavy (non-hydrogen) atoms. The minimum absolute atomic E-state index is 0.553. The lowest BCUT2D eigenvalue weighted by Crippen LogP contribution is -2.44. The fraction of sp³-hybridized carbons (Fsp3) is 0.294. The van der Waals surface area contributed by atoms with Crippen LogP contribution in [0.5, 0.6) is 0 Å². The fourth-order valence-corrected chi connectivity index (χ4v) is 3.98. The standard InChI is InChI=1S/C17H18ClN3OS/c1-2-21-16(20-11-13-7-9-19-10-8-13)23-12-17(21,22)14-3-5-15(18)6-4-14/h3-10,22H,2,11-12H2,1H3/t17-/m1/s1. The van der Waals surface area contributed by atoms with Crippen LogP contribution in [0.15, 0.2) is 53.8 Å². The number of aliphatic hydroxyl groups is 1. The average molecular weight is 348 g/mol. The van der Waals surface area contributed by atoms with E-state index in [2.05, 4.69) is 9.98 Å². The molecular formula is C17H18ClN3OS. The van der Waals surface area contributed by atoms with Gasteiger partial charge in [-0.05, 0) is 36.8 Å². The molecule has 0 spiro atoms. The van der Waals surface area contributed by atoms with E-state index in [1.165, 1.54) is 0 Å². The largest absolute Gasteiger partial charge is 0.366 e. The van der Waals surface area contributed by atoms with Crippen molar-refractivity contribution in [3.8, 4) is 0 Å². The number of hydrogen-bond acceptors (Lipinski definition) is 4. The highest BCUT2D eigenvalue weighted by Gasteiger charge is 2.43. The van der Waals surface area contributed by atoms with E-state index in [1.54, 1.807) is 36.3 Å². The van der Waals surface area contributed by atoms with Crippen LogP contribution in [0.25, 0.3) is 0 Å². The zero-order chi connectivity index (χ0) is 16.3. The zero-order valence-electron chi connectivity index (χ0n) is 12.8. The van der Waals surface area contributed by atoms with E-state index >= 15 is 0 Å². The lowest BCUT2D eigenvalue weighted by Gasteiger charge is -2.33. The Morgan fingerprint density at radius 1 is 1.26 bits per heavy atom. The van der Waals surface area contributed by atoms with E-state index in [9.17, 15) is 5.11 Å². The molecule has 4 nitrogen and oxygen atoms in total. The van der Waals surface area contributed by atoms with Crippen molar-refractivity contribution in [2.75, 3.05) is 12.3 Å². The number of aromatic nitrogens is 1. The van der Waals surface area contributed by atoms with Crippen LogP contribution in [-0.4, -0.2) is 32.5 Å². The lowest BCUT2D eigenvalue weighted by atomic mass is 10.0. The van der Waals surface area contributed by atoms with E-state index < -0.39 is 5.72 Å². The summed E-state index contributed by atoms with van der Waals surface area (Å²) in [4.78, 5) is 10.6. The van der Waals surface area contributed by atoms with Crippen LogP contribution < -0.4 is 0 Å². The number of rotatable bonds is 4.